The minimum absolute atomic E-state index is 0. The van der Waals surface area contributed by atoms with Gasteiger partial charge < -0.3 is 20.3 Å². The number of nitrogens with two attached hydrogens (primary N) is 1. The maximum absolute atomic E-state index is 11.7. The Hall–Kier alpha value is -1.14. The second-order valence-corrected chi connectivity index (χ2v) is 4.14. The summed E-state index contributed by atoms with van der Waals surface area (Å²) >= 11 is 0. The van der Waals surface area contributed by atoms with Crippen LogP contribution in [0.1, 0.15) is 5.56 Å². The third-order valence-corrected chi connectivity index (χ3v) is 2.61. The third kappa shape index (κ3) is 6.86. The molecule has 1 aromatic rings. The maximum Gasteiger partial charge on any atom is 0.409 e. The van der Waals surface area contributed by atoms with Gasteiger partial charge in [-0.3, -0.25) is 0 Å². The van der Waals surface area contributed by atoms with Gasteiger partial charge in [0.25, 0.3) is 0 Å². The summed E-state index contributed by atoms with van der Waals surface area (Å²) in [7, 11) is 3.18. The number of hydrogen-bond donors (Lipinski definition) is 1. The van der Waals surface area contributed by atoms with Crippen LogP contribution in [-0.2, 0) is 44.1 Å². The number of urea groups is 1. The standard InChI is InChI=1S/C13H18N3O3.Y/c1-15(12(14)17)8-9-16(2)13(18)19-10-11-6-4-3-5-7-11;/h4-7H,8-10H2,1-2H3,(H2,14,17);/q-1;. The molecule has 107 valence electrons. The Labute approximate surface area is 144 Å². The molecule has 0 aliphatic carbocycles. The van der Waals surface area contributed by atoms with Gasteiger partial charge in [-0.25, -0.2) is 9.59 Å². The molecule has 1 aromatic carbocycles. The van der Waals surface area contributed by atoms with E-state index in [9.17, 15) is 9.59 Å². The average molecular weight is 353 g/mol. The van der Waals surface area contributed by atoms with Gasteiger partial charge in [0.05, 0.1) is 6.61 Å². The molecule has 6 nitrogen and oxygen atoms in total. The molecule has 0 heterocycles. The molecule has 0 aliphatic heterocycles. The van der Waals surface area contributed by atoms with Crippen LogP contribution in [0.25, 0.3) is 0 Å². The molecule has 0 saturated heterocycles. The van der Waals surface area contributed by atoms with E-state index in [0.717, 1.165) is 5.56 Å². The number of nitrogens with zero attached hydrogens (tertiary/aromatic N) is 2. The van der Waals surface area contributed by atoms with Crippen molar-refractivity contribution in [3.05, 3.63) is 35.9 Å². The summed E-state index contributed by atoms with van der Waals surface area (Å²) < 4.78 is 5.12. The van der Waals surface area contributed by atoms with Gasteiger partial charge in [-0.1, -0.05) is 0 Å². The molecule has 0 aliphatic rings. The Balaban J connectivity index is 0.00000361. The molecule has 20 heavy (non-hydrogen) atoms. The SMILES string of the molecule is CN(CCN(C)C(=O)OCc1cc[c-]cc1)C(N)=O.[Y]. The summed E-state index contributed by atoms with van der Waals surface area (Å²) in [5.74, 6) is 0. The quantitative estimate of drug-likeness (QED) is 0.805. The summed E-state index contributed by atoms with van der Waals surface area (Å²) in [6.07, 6.45) is -0.439. The predicted molar refractivity (Wildman–Crippen MR) is 70.3 cm³/mol. The zero-order valence-electron chi connectivity index (χ0n) is 11.7. The van der Waals surface area contributed by atoms with Gasteiger partial charge in [0.1, 0.15) is 0 Å². The van der Waals surface area contributed by atoms with Crippen molar-refractivity contribution >= 4 is 12.1 Å². The van der Waals surface area contributed by atoms with Crippen molar-refractivity contribution in [2.45, 2.75) is 6.61 Å². The van der Waals surface area contributed by atoms with Gasteiger partial charge in [0.15, 0.2) is 0 Å². The number of carbonyl (C=O) groups is 2. The van der Waals surface area contributed by atoms with E-state index in [0.29, 0.717) is 13.1 Å². The van der Waals surface area contributed by atoms with Crippen LogP contribution in [0.5, 0.6) is 0 Å². The zero-order chi connectivity index (χ0) is 14.3. The smallest absolute Gasteiger partial charge is 0.409 e. The number of benzene rings is 1. The van der Waals surface area contributed by atoms with E-state index in [1.54, 1.807) is 26.2 Å². The molecule has 2 N–H and O–H groups in total. The van der Waals surface area contributed by atoms with E-state index >= 15 is 0 Å². The second kappa shape index (κ2) is 9.72. The number of primary amides is 1. The van der Waals surface area contributed by atoms with Gasteiger partial charge >= 0.3 is 12.1 Å². The number of carbonyl (C=O) groups excluding carboxylic acids is 2. The first-order valence-corrected chi connectivity index (χ1v) is 5.84. The zero-order valence-corrected chi connectivity index (χ0v) is 14.5. The van der Waals surface area contributed by atoms with E-state index in [4.69, 9.17) is 10.5 Å². The maximum atomic E-state index is 11.7. The normalized spacial score (nSPS) is 9.30. The Morgan fingerprint density at radius 3 is 2.30 bits per heavy atom. The Morgan fingerprint density at radius 1 is 1.20 bits per heavy atom. The third-order valence-electron chi connectivity index (χ3n) is 2.61. The predicted octanol–water partition coefficient (Wildman–Crippen LogP) is 1.06. The largest absolute Gasteiger partial charge is 0.447 e. The van der Waals surface area contributed by atoms with Crippen molar-refractivity contribution in [1.82, 2.24) is 9.80 Å². The molecule has 1 radical (unpaired) electrons. The van der Waals surface area contributed by atoms with Crippen LogP contribution in [0, 0.1) is 6.07 Å². The van der Waals surface area contributed by atoms with Crippen LogP contribution < -0.4 is 5.73 Å². The molecule has 0 spiro atoms. The van der Waals surface area contributed by atoms with Gasteiger partial charge in [-0.05, 0) is 0 Å². The van der Waals surface area contributed by atoms with Crippen LogP contribution in [0.2, 0.25) is 0 Å². The van der Waals surface area contributed by atoms with Crippen LogP contribution in [-0.4, -0.2) is 49.1 Å². The molecule has 0 aromatic heterocycles. The Morgan fingerprint density at radius 2 is 1.75 bits per heavy atom. The number of ether oxygens (including phenoxy) is 1. The topological polar surface area (TPSA) is 75.9 Å². The summed E-state index contributed by atoms with van der Waals surface area (Å²) in [6.45, 7) is 0.936. The van der Waals surface area contributed by atoms with Crippen molar-refractivity contribution < 1.29 is 47.0 Å². The first-order chi connectivity index (χ1) is 9.00. The monoisotopic (exact) mass is 353 g/mol. The van der Waals surface area contributed by atoms with Crippen molar-refractivity contribution in [3.63, 3.8) is 0 Å². The molecule has 7 heteroatoms. The van der Waals surface area contributed by atoms with Gasteiger partial charge in [-0.15, -0.1) is 5.56 Å². The van der Waals surface area contributed by atoms with Crippen LogP contribution in [0.4, 0.5) is 9.59 Å². The Bertz CT molecular complexity index is 428. The second-order valence-electron chi connectivity index (χ2n) is 4.14. The Kier molecular flexibility index (Phi) is 9.17. The molecular weight excluding hydrogens is 335 g/mol. The van der Waals surface area contributed by atoms with Crippen LogP contribution in [0.3, 0.4) is 0 Å². The molecule has 3 amide bonds. The minimum Gasteiger partial charge on any atom is -0.447 e. The molecule has 0 bridgehead atoms. The fourth-order valence-corrected chi connectivity index (χ4v) is 1.27. The van der Waals surface area contributed by atoms with E-state index in [-0.39, 0.29) is 39.3 Å². The number of amides is 3. The first kappa shape index (κ1) is 18.9. The summed E-state index contributed by atoms with van der Waals surface area (Å²) in [5.41, 5.74) is 5.98. The number of likely N-dealkylation sites (N-methyl/N-ethyl adjacent to an activating group) is 2. The van der Waals surface area contributed by atoms with Crippen LogP contribution >= 0.6 is 0 Å². The van der Waals surface area contributed by atoms with Crippen molar-refractivity contribution in [2.24, 2.45) is 5.73 Å². The van der Waals surface area contributed by atoms with Gasteiger partial charge in [0.2, 0.25) is 0 Å². The summed E-state index contributed by atoms with van der Waals surface area (Å²) in [6, 6.07) is 9.53. The summed E-state index contributed by atoms with van der Waals surface area (Å²) in [5, 5.41) is 0. The fourth-order valence-electron chi connectivity index (χ4n) is 1.27. The van der Waals surface area contributed by atoms with Crippen molar-refractivity contribution in [2.75, 3.05) is 27.2 Å². The van der Waals surface area contributed by atoms with E-state index < -0.39 is 12.1 Å². The van der Waals surface area contributed by atoms with Gasteiger partial charge in [-0.2, -0.15) is 30.3 Å². The van der Waals surface area contributed by atoms with E-state index in [2.05, 4.69) is 6.07 Å². The molecular formula is C13H18N3O3Y-. The van der Waals surface area contributed by atoms with Gasteiger partial charge in [0, 0.05) is 59.9 Å². The molecule has 0 atom stereocenters. The molecule has 1 rings (SSSR count). The number of hydrogen-bond acceptors (Lipinski definition) is 3. The molecule has 0 saturated carbocycles. The van der Waals surface area contributed by atoms with Crippen molar-refractivity contribution in [1.29, 1.82) is 0 Å². The van der Waals surface area contributed by atoms with Crippen LogP contribution in [0.15, 0.2) is 24.3 Å². The van der Waals surface area contributed by atoms with E-state index in [1.807, 2.05) is 12.1 Å². The number of rotatable bonds is 5. The minimum atomic E-state index is -0.526. The molecule has 0 fully saturated rings. The summed E-state index contributed by atoms with van der Waals surface area (Å²) in [4.78, 5) is 25.2. The first-order valence-electron chi connectivity index (χ1n) is 5.84. The van der Waals surface area contributed by atoms with E-state index in [1.165, 1.54) is 9.80 Å². The van der Waals surface area contributed by atoms with Crippen molar-refractivity contribution in [3.8, 4) is 0 Å². The average Bonchev–Trinajstić information content (AvgIpc) is 2.42. The fraction of sp³-hybridized carbons (Fsp3) is 0.385. The molecule has 0 unspecified atom stereocenters.